The Morgan fingerprint density at radius 3 is 2.88 bits per heavy atom. The Morgan fingerprint density at radius 2 is 2.25 bits per heavy atom. The van der Waals surface area contributed by atoms with Crippen LogP contribution in [0.1, 0.15) is 50.4 Å². The molecule has 1 aliphatic rings. The third-order valence-corrected chi connectivity index (χ3v) is 5.92. The summed E-state index contributed by atoms with van der Waals surface area (Å²) >= 11 is 1.77. The number of hydrogen-bond acceptors (Lipinski definition) is 4. The van der Waals surface area contributed by atoms with Crippen molar-refractivity contribution in [2.24, 2.45) is 10.9 Å². The molecule has 0 bridgehead atoms. The molecular weight excluding hydrogens is 318 g/mol. The van der Waals surface area contributed by atoms with E-state index >= 15 is 0 Å². The van der Waals surface area contributed by atoms with E-state index in [9.17, 15) is 0 Å². The molecule has 0 saturated carbocycles. The molecule has 1 aromatic heterocycles. The van der Waals surface area contributed by atoms with Gasteiger partial charge in [-0.05, 0) is 45.6 Å². The van der Waals surface area contributed by atoms with E-state index in [1.165, 1.54) is 30.8 Å². The van der Waals surface area contributed by atoms with Crippen molar-refractivity contribution in [2.75, 3.05) is 26.7 Å². The molecular formula is C18H33N5S. The maximum Gasteiger partial charge on any atom is 0.191 e. The number of rotatable bonds is 6. The molecule has 2 N–H and O–H groups in total. The number of aromatic nitrogens is 1. The monoisotopic (exact) mass is 351 g/mol. The highest BCUT2D eigenvalue weighted by molar-refractivity contribution is 7.11. The van der Waals surface area contributed by atoms with Gasteiger partial charge in [0.2, 0.25) is 0 Å². The third kappa shape index (κ3) is 5.45. The summed E-state index contributed by atoms with van der Waals surface area (Å²) in [6.07, 6.45) is 5.68. The fourth-order valence-electron chi connectivity index (χ4n) is 3.12. The average molecular weight is 352 g/mol. The summed E-state index contributed by atoms with van der Waals surface area (Å²) in [5, 5.41) is 7.97. The lowest BCUT2D eigenvalue weighted by atomic mass is 9.93. The van der Waals surface area contributed by atoms with E-state index in [0.29, 0.717) is 0 Å². The van der Waals surface area contributed by atoms with E-state index in [0.717, 1.165) is 36.4 Å². The predicted octanol–water partition coefficient (Wildman–Crippen LogP) is 2.88. The quantitative estimate of drug-likeness (QED) is 0.611. The van der Waals surface area contributed by atoms with E-state index in [1.807, 2.05) is 13.2 Å². The van der Waals surface area contributed by atoms with Crippen LogP contribution in [-0.2, 0) is 13.0 Å². The molecule has 5 nitrogen and oxygen atoms in total. The lowest BCUT2D eigenvalue weighted by Crippen LogP contribution is -2.55. The van der Waals surface area contributed by atoms with Crippen molar-refractivity contribution in [3.8, 4) is 0 Å². The van der Waals surface area contributed by atoms with Gasteiger partial charge in [-0.25, -0.2) is 4.98 Å². The summed E-state index contributed by atoms with van der Waals surface area (Å²) in [6.45, 7) is 13.2. The first-order valence-electron chi connectivity index (χ1n) is 9.07. The zero-order valence-corrected chi connectivity index (χ0v) is 16.7. The SMILES string of the molecule is CCc1cnc(CNC(=NC)NCC(C)(C)N2CCCC(C)C2)s1. The van der Waals surface area contributed by atoms with Crippen LogP contribution in [0, 0.1) is 5.92 Å². The van der Waals surface area contributed by atoms with E-state index in [2.05, 4.69) is 53.2 Å². The number of nitrogens with one attached hydrogen (secondary N) is 2. The molecule has 2 rings (SSSR count). The highest BCUT2D eigenvalue weighted by Crippen LogP contribution is 2.23. The van der Waals surface area contributed by atoms with Crippen molar-refractivity contribution in [1.29, 1.82) is 0 Å². The highest BCUT2D eigenvalue weighted by atomic mass is 32.1. The van der Waals surface area contributed by atoms with Crippen LogP contribution in [0.4, 0.5) is 0 Å². The number of piperidine rings is 1. The van der Waals surface area contributed by atoms with Crippen LogP contribution in [-0.4, -0.2) is 48.1 Å². The van der Waals surface area contributed by atoms with Gasteiger partial charge in [0.05, 0.1) is 6.54 Å². The molecule has 1 atom stereocenters. The van der Waals surface area contributed by atoms with Gasteiger partial charge in [-0.15, -0.1) is 11.3 Å². The van der Waals surface area contributed by atoms with Crippen LogP contribution in [0.25, 0.3) is 0 Å². The van der Waals surface area contributed by atoms with Crippen LogP contribution in [0.15, 0.2) is 11.2 Å². The normalized spacial score (nSPS) is 20.2. The number of likely N-dealkylation sites (tertiary alicyclic amines) is 1. The fraction of sp³-hybridized carbons (Fsp3) is 0.778. The average Bonchev–Trinajstić information content (AvgIpc) is 3.03. The van der Waals surface area contributed by atoms with Crippen LogP contribution in [0.3, 0.4) is 0 Å². The van der Waals surface area contributed by atoms with Gasteiger partial charge in [0.15, 0.2) is 5.96 Å². The zero-order chi connectivity index (χ0) is 17.6. The highest BCUT2D eigenvalue weighted by Gasteiger charge is 2.30. The fourth-order valence-corrected chi connectivity index (χ4v) is 3.93. The Kier molecular flexibility index (Phi) is 7.04. The van der Waals surface area contributed by atoms with Gasteiger partial charge < -0.3 is 10.6 Å². The maximum absolute atomic E-state index is 4.45. The van der Waals surface area contributed by atoms with Gasteiger partial charge in [-0.3, -0.25) is 9.89 Å². The van der Waals surface area contributed by atoms with Gasteiger partial charge in [0.25, 0.3) is 0 Å². The second-order valence-electron chi connectivity index (χ2n) is 7.36. The number of guanidine groups is 1. The molecule has 6 heteroatoms. The number of hydrogen-bond donors (Lipinski definition) is 2. The molecule has 1 aromatic rings. The molecule has 0 spiro atoms. The summed E-state index contributed by atoms with van der Waals surface area (Å²) in [7, 11) is 1.82. The molecule has 0 aromatic carbocycles. The molecule has 1 unspecified atom stereocenters. The molecule has 1 aliphatic heterocycles. The first-order chi connectivity index (χ1) is 11.4. The molecule has 1 fully saturated rings. The minimum absolute atomic E-state index is 0.128. The topological polar surface area (TPSA) is 52.6 Å². The Bertz CT molecular complexity index is 537. The van der Waals surface area contributed by atoms with Crippen LogP contribution in [0.2, 0.25) is 0 Å². The third-order valence-electron chi connectivity index (χ3n) is 4.78. The Hall–Kier alpha value is -1.14. The van der Waals surface area contributed by atoms with Gasteiger partial charge in [-0.2, -0.15) is 0 Å². The van der Waals surface area contributed by atoms with Crippen LogP contribution in [0.5, 0.6) is 0 Å². The van der Waals surface area contributed by atoms with E-state index in [4.69, 9.17) is 0 Å². The molecule has 136 valence electrons. The Morgan fingerprint density at radius 1 is 1.46 bits per heavy atom. The van der Waals surface area contributed by atoms with Crippen molar-refractivity contribution < 1.29 is 0 Å². The molecule has 0 amide bonds. The number of aryl methyl sites for hydroxylation is 1. The maximum atomic E-state index is 4.45. The predicted molar refractivity (Wildman–Crippen MR) is 104 cm³/mol. The second kappa shape index (κ2) is 8.81. The second-order valence-corrected chi connectivity index (χ2v) is 8.56. The first-order valence-corrected chi connectivity index (χ1v) is 9.89. The minimum Gasteiger partial charge on any atom is -0.355 e. The van der Waals surface area contributed by atoms with Crippen molar-refractivity contribution in [1.82, 2.24) is 20.5 Å². The largest absolute Gasteiger partial charge is 0.355 e. The Labute approximate surface area is 151 Å². The summed E-state index contributed by atoms with van der Waals surface area (Å²) in [4.78, 5) is 12.7. The lowest BCUT2D eigenvalue weighted by molar-refractivity contribution is 0.0739. The summed E-state index contributed by atoms with van der Waals surface area (Å²) in [6, 6.07) is 0. The zero-order valence-electron chi connectivity index (χ0n) is 15.9. The van der Waals surface area contributed by atoms with Gasteiger partial charge in [0.1, 0.15) is 5.01 Å². The number of thiazole rings is 1. The van der Waals surface area contributed by atoms with Crippen LogP contribution < -0.4 is 10.6 Å². The van der Waals surface area contributed by atoms with E-state index in [-0.39, 0.29) is 5.54 Å². The van der Waals surface area contributed by atoms with Crippen molar-refractivity contribution in [3.63, 3.8) is 0 Å². The first kappa shape index (κ1) is 19.2. The van der Waals surface area contributed by atoms with Crippen molar-refractivity contribution in [2.45, 2.75) is 59.0 Å². The summed E-state index contributed by atoms with van der Waals surface area (Å²) in [5.41, 5.74) is 0.128. The number of aliphatic imine (C=N–C) groups is 1. The van der Waals surface area contributed by atoms with E-state index < -0.39 is 0 Å². The van der Waals surface area contributed by atoms with Gasteiger partial charge >= 0.3 is 0 Å². The van der Waals surface area contributed by atoms with E-state index in [1.54, 1.807) is 11.3 Å². The van der Waals surface area contributed by atoms with Crippen molar-refractivity contribution >= 4 is 17.3 Å². The number of nitrogens with zero attached hydrogens (tertiary/aromatic N) is 3. The molecule has 2 heterocycles. The summed E-state index contributed by atoms with van der Waals surface area (Å²) < 4.78 is 0. The summed E-state index contributed by atoms with van der Waals surface area (Å²) in [5.74, 6) is 1.65. The molecule has 24 heavy (non-hydrogen) atoms. The van der Waals surface area contributed by atoms with Gasteiger partial charge in [-0.1, -0.05) is 13.8 Å². The molecule has 0 aliphatic carbocycles. The molecule has 0 radical (unpaired) electrons. The van der Waals surface area contributed by atoms with Crippen LogP contribution >= 0.6 is 11.3 Å². The smallest absolute Gasteiger partial charge is 0.191 e. The molecule has 1 saturated heterocycles. The minimum atomic E-state index is 0.128. The Balaban J connectivity index is 1.81. The van der Waals surface area contributed by atoms with Crippen molar-refractivity contribution in [3.05, 3.63) is 16.1 Å². The lowest BCUT2D eigenvalue weighted by Gasteiger charge is -2.43. The van der Waals surface area contributed by atoms with Gasteiger partial charge in [0, 0.05) is 36.8 Å². The standard InChI is InChI=1S/C18H33N5S/c1-6-15-10-20-16(24-15)11-21-17(19-5)22-13-18(3,4)23-9-7-8-14(2)12-23/h10,14H,6-9,11-13H2,1-5H3,(H2,19,21,22).